The van der Waals surface area contributed by atoms with Crippen LogP contribution in [0.1, 0.15) is 25.3 Å². The molecule has 1 unspecified atom stereocenters. The lowest BCUT2D eigenvalue weighted by molar-refractivity contribution is -0.147. The highest BCUT2D eigenvalue weighted by molar-refractivity contribution is 5.31. The Morgan fingerprint density at radius 1 is 1.08 bits per heavy atom. The molecule has 1 aliphatic carbocycles. The Morgan fingerprint density at radius 3 is 2.08 bits per heavy atom. The van der Waals surface area contributed by atoms with E-state index in [0.717, 1.165) is 5.56 Å². The van der Waals surface area contributed by atoms with E-state index in [9.17, 15) is 8.78 Å². The van der Waals surface area contributed by atoms with Crippen molar-refractivity contribution < 1.29 is 8.78 Å². The van der Waals surface area contributed by atoms with Gasteiger partial charge in [0.05, 0.1) is 5.41 Å². The zero-order chi connectivity index (χ0) is 9.53. The van der Waals surface area contributed by atoms with Crippen LogP contribution in [-0.2, 0) is 5.41 Å². The fraction of sp³-hybridized carbons (Fsp3) is 0.455. The average Bonchev–Trinajstić information content (AvgIpc) is 2.16. The van der Waals surface area contributed by atoms with Crippen molar-refractivity contribution >= 4 is 0 Å². The third-order valence-electron chi connectivity index (χ3n) is 3.16. The summed E-state index contributed by atoms with van der Waals surface area (Å²) in [6, 6.07) is 9.05. The zero-order valence-electron chi connectivity index (χ0n) is 7.56. The first-order chi connectivity index (χ1) is 6.06. The maximum absolute atomic E-state index is 13.3. The molecule has 0 saturated heterocycles. The van der Waals surface area contributed by atoms with Gasteiger partial charge in [0.25, 0.3) is 5.92 Å². The van der Waals surface area contributed by atoms with Crippen molar-refractivity contribution in [3.8, 4) is 0 Å². The molecule has 0 aliphatic heterocycles. The summed E-state index contributed by atoms with van der Waals surface area (Å²) in [4.78, 5) is 0. The molecule has 1 fully saturated rings. The van der Waals surface area contributed by atoms with Crippen LogP contribution in [0, 0.1) is 0 Å². The minimum Gasteiger partial charge on any atom is -0.206 e. The highest BCUT2D eigenvalue weighted by Crippen LogP contribution is 2.54. The van der Waals surface area contributed by atoms with E-state index in [1.54, 1.807) is 19.1 Å². The smallest absolute Gasteiger partial charge is 0.206 e. The van der Waals surface area contributed by atoms with E-state index in [1.165, 1.54) is 0 Å². The topological polar surface area (TPSA) is 0 Å². The molecule has 1 atom stereocenters. The minimum atomic E-state index is -2.52. The second-order valence-electron chi connectivity index (χ2n) is 3.90. The molecule has 0 amide bonds. The first-order valence-corrected chi connectivity index (χ1v) is 4.50. The molecule has 0 nitrogen and oxygen atoms in total. The Kier molecular flexibility index (Phi) is 1.69. The Hall–Kier alpha value is -0.920. The number of rotatable bonds is 1. The Morgan fingerprint density at radius 2 is 1.69 bits per heavy atom. The van der Waals surface area contributed by atoms with E-state index in [2.05, 4.69) is 0 Å². The fourth-order valence-electron chi connectivity index (χ4n) is 1.85. The van der Waals surface area contributed by atoms with Crippen LogP contribution in [0.5, 0.6) is 0 Å². The average molecular weight is 182 g/mol. The predicted octanol–water partition coefficient (Wildman–Crippen LogP) is 3.37. The molecule has 0 spiro atoms. The molecule has 13 heavy (non-hydrogen) atoms. The summed E-state index contributed by atoms with van der Waals surface area (Å²) in [6.45, 7) is 1.64. The molecular weight excluding hydrogens is 170 g/mol. The number of alkyl halides is 2. The van der Waals surface area contributed by atoms with Gasteiger partial charge in [-0.15, -0.1) is 0 Å². The molecule has 0 bridgehead atoms. The maximum atomic E-state index is 13.3. The summed E-state index contributed by atoms with van der Waals surface area (Å²) >= 11 is 0. The maximum Gasteiger partial charge on any atom is 0.257 e. The van der Waals surface area contributed by atoms with E-state index < -0.39 is 11.3 Å². The van der Waals surface area contributed by atoms with Gasteiger partial charge < -0.3 is 0 Å². The van der Waals surface area contributed by atoms with Crippen LogP contribution in [-0.4, -0.2) is 5.92 Å². The zero-order valence-corrected chi connectivity index (χ0v) is 7.56. The first kappa shape index (κ1) is 8.67. The molecule has 0 radical (unpaired) electrons. The van der Waals surface area contributed by atoms with Crippen molar-refractivity contribution in [1.29, 1.82) is 0 Å². The van der Waals surface area contributed by atoms with Gasteiger partial charge in [0.15, 0.2) is 0 Å². The van der Waals surface area contributed by atoms with Crippen LogP contribution in [0.25, 0.3) is 0 Å². The van der Waals surface area contributed by atoms with E-state index in [1.807, 2.05) is 18.2 Å². The molecule has 0 N–H and O–H groups in total. The van der Waals surface area contributed by atoms with Gasteiger partial charge in [-0.3, -0.25) is 0 Å². The van der Waals surface area contributed by atoms with Crippen LogP contribution in [0.4, 0.5) is 8.78 Å². The molecule has 1 aromatic rings. The van der Waals surface area contributed by atoms with Gasteiger partial charge in [-0.1, -0.05) is 30.3 Å². The van der Waals surface area contributed by atoms with Crippen LogP contribution < -0.4 is 0 Å². The molecule has 70 valence electrons. The highest BCUT2D eigenvalue weighted by atomic mass is 19.3. The van der Waals surface area contributed by atoms with E-state index in [-0.39, 0.29) is 6.42 Å². The van der Waals surface area contributed by atoms with E-state index in [4.69, 9.17) is 0 Å². The van der Waals surface area contributed by atoms with Gasteiger partial charge in [-0.25, -0.2) is 8.78 Å². The van der Waals surface area contributed by atoms with Crippen LogP contribution in [0.3, 0.4) is 0 Å². The molecule has 0 aromatic heterocycles. The normalized spacial score (nSPS) is 31.0. The van der Waals surface area contributed by atoms with Gasteiger partial charge in [0, 0.05) is 6.42 Å². The Balaban J connectivity index is 2.37. The molecule has 2 rings (SSSR count). The number of hydrogen-bond donors (Lipinski definition) is 0. The lowest BCUT2D eigenvalue weighted by Crippen LogP contribution is -2.52. The van der Waals surface area contributed by atoms with Crippen LogP contribution >= 0.6 is 0 Å². The van der Waals surface area contributed by atoms with Crippen LogP contribution in [0.2, 0.25) is 0 Å². The van der Waals surface area contributed by atoms with Gasteiger partial charge in [0.1, 0.15) is 0 Å². The SMILES string of the molecule is CC1(c2ccccc2)CCC1(F)F. The largest absolute Gasteiger partial charge is 0.257 e. The van der Waals surface area contributed by atoms with E-state index in [0.29, 0.717) is 6.42 Å². The van der Waals surface area contributed by atoms with E-state index >= 15 is 0 Å². The van der Waals surface area contributed by atoms with Crippen molar-refractivity contribution in [3.63, 3.8) is 0 Å². The first-order valence-electron chi connectivity index (χ1n) is 4.50. The molecule has 0 heterocycles. The van der Waals surface area contributed by atoms with Gasteiger partial charge >= 0.3 is 0 Å². The monoisotopic (exact) mass is 182 g/mol. The quantitative estimate of drug-likeness (QED) is 0.624. The molecule has 1 aliphatic rings. The molecule has 2 heteroatoms. The van der Waals surface area contributed by atoms with Gasteiger partial charge in [-0.2, -0.15) is 0 Å². The standard InChI is InChI=1S/C11H12F2/c1-10(7-8-11(10,12)13)9-5-3-2-4-6-9/h2-6H,7-8H2,1H3. The third kappa shape index (κ3) is 1.08. The number of hydrogen-bond acceptors (Lipinski definition) is 0. The third-order valence-corrected chi connectivity index (χ3v) is 3.16. The lowest BCUT2D eigenvalue weighted by Gasteiger charge is -2.47. The van der Waals surface area contributed by atoms with Crippen molar-refractivity contribution in [2.45, 2.75) is 31.1 Å². The van der Waals surface area contributed by atoms with Gasteiger partial charge in [0.2, 0.25) is 0 Å². The summed E-state index contributed by atoms with van der Waals surface area (Å²) in [5, 5.41) is 0. The molecule has 1 aromatic carbocycles. The summed E-state index contributed by atoms with van der Waals surface area (Å²) in [5.41, 5.74) is -0.167. The van der Waals surface area contributed by atoms with Crippen molar-refractivity contribution in [2.75, 3.05) is 0 Å². The lowest BCUT2D eigenvalue weighted by atomic mass is 9.62. The van der Waals surface area contributed by atoms with Crippen molar-refractivity contribution in [1.82, 2.24) is 0 Å². The molecule has 1 saturated carbocycles. The Labute approximate surface area is 76.6 Å². The van der Waals surface area contributed by atoms with Crippen LogP contribution in [0.15, 0.2) is 30.3 Å². The number of halogens is 2. The molecular formula is C11H12F2. The highest BCUT2D eigenvalue weighted by Gasteiger charge is 2.58. The summed E-state index contributed by atoms with van der Waals surface area (Å²) < 4.78 is 26.5. The minimum absolute atomic E-state index is 0.0262. The predicted molar refractivity (Wildman–Crippen MR) is 48.0 cm³/mol. The second kappa shape index (κ2) is 2.53. The summed E-state index contributed by atoms with van der Waals surface area (Å²) in [6.07, 6.45) is 0.613. The summed E-state index contributed by atoms with van der Waals surface area (Å²) in [7, 11) is 0. The fourth-order valence-corrected chi connectivity index (χ4v) is 1.85. The Bertz CT molecular complexity index is 305. The van der Waals surface area contributed by atoms with Crippen molar-refractivity contribution in [3.05, 3.63) is 35.9 Å². The number of benzene rings is 1. The van der Waals surface area contributed by atoms with Gasteiger partial charge in [-0.05, 0) is 18.9 Å². The second-order valence-corrected chi connectivity index (χ2v) is 3.90. The summed E-state index contributed by atoms with van der Waals surface area (Å²) in [5.74, 6) is -2.52. The van der Waals surface area contributed by atoms with Crippen molar-refractivity contribution in [2.24, 2.45) is 0 Å².